The van der Waals surface area contributed by atoms with Crippen LogP contribution >= 0.6 is 0 Å². The molecule has 164 valence electrons. The quantitative estimate of drug-likeness (QED) is 0.578. The van der Waals surface area contributed by atoms with Gasteiger partial charge in [0.05, 0.1) is 31.3 Å². The zero-order valence-corrected chi connectivity index (χ0v) is 18.8. The summed E-state index contributed by atoms with van der Waals surface area (Å²) in [5, 5.41) is 7.46. The lowest BCUT2D eigenvalue weighted by molar-refractivity contribution is -0.116. The molecule has 0 aliphatic heterocycles. The maximum atomic E-state index is 12.7. The molecule has 31 heavy (non-hydrogen) atoms. The number of aromatic nitrogens is 2. The minimum Gasteiger partial charge on any atom is -0.497 e. The van der Waals surface area contributed by atoms with Gasteiger partial charge >= 0.3 is 0 Å². The zero-order chi connectivity index (χ0) is 22.6. The molecule has 0 atom stereocenters. The minimum atomic E-state index is -3.52. The van der Waals surface area contributed by atoms with Crippen LogP contribution in [-0.4, -0.2) is 54.4 Å². The lowest BCUT2D eigenvalue weighted by Gasteiger charge is -2.23. The number of sulfonamides is 1. The average Bonchev–Trinajstić information content (AvgIpc) is 3.15. The molecule has 9 heteroatoms. The predicted octanol–water partition coefficient (Wildman–Crippen LogP) is 3.16. The summed E-state index contributed by atoms with van der Waals surface area (Å²) in [5.41, 5.74) is 2.29. The van der Waals surface area contributed by atoms with E-state index in [-0.39, 0.29) is 12.6 Å². The van der Waals surface area contributed by atoms with Gasteiger partial charge in [0.15, 0.2) is 0 Å². The topological polar surface area (TPSA) is 93.5 Å². The Balaban J connectivity index is 1.95. The van der Waals surface area contributed by atoms with Crippen molar-refractivity contribution in [1.82, 2.24) is 14.1 Å². The molecule has 3 aromatic rings. The number of methoxy groups -OCH3 is 1. The van der Waals surface area contributed by atoms with E-state index >= 15 is 0 Å². The third-order valence-corrected chi connectivity index (χ3v) is 6.07. The third-order valence-electron chi connectivity index (χ3n) is 4.66. The van der Waals surface area contributed by atoms with Crippen LogP contribution in [0.2, 0.25) is 0 Å². The van der Waals surface area contributed by atoms with E-state index in [0.717, 1.165) is 21.8 Å². The molecule has 3 rings (SSSR count). The van der Waals surface area contributed by atoms with Gasteiger partial charge in [0.1, 0.15) is 11.6 Å². The van der Waals surface area contributed by atoms with Crippen LogP contribution in [0.3, 0.4) is 0 Å². The van der Waals surface area contributed by atoms with Crippen molar-refractivity contribution in [2.24, 2.45) is 0 Å². The van der Waals surface area contributed by atoms with E-state index in [1.165, 1.54) is 0 Å². The number of hydrogen-bond donors (Lipinski definition) is 1. The number of nitrogens with one attached hydrogen (secondary N) is 1. The summed E-state index contributed by atoms with van der Waals surface area (Å²) in [6.07, 6.45) is 1.09. The molecule has 0 aliphatic carbocycles. The monoisotopic (exact) mass is 442 g/mol. The van der Waals surface area contributed by atoms with Crippen LogP contribution in [0.25, 0.3) is 16.9 Å². The Morgan fingerprint density at radius 2 is 1.77 bits per heavy atom. The highest BCUT2D eigenvalue weighted by molar-refractivity contribution is 7.88. The molecule has 8 nitrogen and oxygen atoms in total. The van der Waals surface area contributed by atoms with Crippen LogP contribution in [-0.2, 0) is 14.8 Å². The summed E-state index contributed by atoms with van der Waals surface area (Å²) < 4.78 is 32.0. The van der Waals surface area contributed by atoms with Gasteiger partial charge in [-0.3, -0.25) is 4.79 Å². The molecule has 1 N–H and O–H groups in total. The summed E-state index contributed by atoms with van der Waals surface area (Å²) in [5.74, 6) is 0.685. The lowest BCUT2D eigenvalue weighted by Crippen LogP contribution is -2.41. The second-order valence-electron chi connectivity index (χ2n) is 7.34. The molecule has 0 saturated heterocycles. The van der Waals surface area contributed by atoms with Crippen LogP contribution in [0.1, 0.15) is 13.8 Å². The van der Waals surface area contributed by atoms with E-state index in [9.17, 15) is 13.2 Å². The van der Waals surface area contributed by atoms with E-state index in [1.807, 2.05) is 42.5 Å². The Morgan fingerprint density at radius 3 is 2.32 bits per heavy atom. The Hall–Kier alpha value is -3.17. The number of anilines is 1. The molecular weight excluding hydrogens is 416 g/mol. The largest absolute Gasteiger partial charge is 0.497 e. The first-order valence-electron chi connectivity index (χ1n) is 9.75. The molecule has 0 unspecified atom stereocenters. The van der Waals surface area contributed by atoms with Gasteiger partial charge in [-0.2, -0.15) is 9.40 Å². The van der Waals surface area contributed by atoms with E-state index in [1.54, 1.807) is 43.8 Å². The van der Waals surface area contributed by atoms with E-state index in [2.05, 4.69) is 10.4 Å². The Morgan fingerprint density at radius 1 is 1.13 bits per heavy atom. The van der Waals surface area contributed by atoms with Crippen molar-refractivity contribution in [2.75, 3.05) is 25.2 Å². The Kier molecular flexibility index (Phi) is 6.77. The van der Waals surface area contributed by atoms with Gasteiger partial charge in [0.2, 0.25) is 15.9 Å². The van der Waals surface area contributed by atoms with Crippen LogP contribution < -0.4 is 10.1 Å². The van der Waals surface area contributed by atoms with Gasteiger partial charge in [0, 0.05) is 17.7 Å². The number of hydrogen-bond acceptors (Lipinski definition) is 5. The van der Waals surface area contributed by atoms with Crippen molar-refractivity contribution in [2.45, 2.75) is 19.9 Å². The summed E-state index contributed by atoms with van der Waals surface area (Å²) in [7, 11) is -1.94. The molecule has 1 heterocycles. The smallest absolute Gasteiger partial charge is 0.240 e. The fourth-order valence-corrected chi connectivity index (χ4v) is 4.26. The van der Waals surface area contributed by atoms with Gasteiger partial charge in [-0.25, -0.2) is 13.1 Å². The number of benzene rings is 2. The van der Waals surface area contributed by atoms with Crippen molar-refractivity contribution >= 4 is 21.7 Å². The number of carbonyl (C=O) groups is 1. The van der Waals surface area contributed by atoms with Crippen molar-refractivity contribution in [1.29, 1.82) is 0 Å². The van der Waals surface area contributed by atoms with Gasteiger partial charge < -0.3 is 10.1 Å². The van der Waals surface area contributed by atoms with Gasteiger partial charge in [-0.05, 0) is 38.1 Å². The molecule has 0 bridgehead atoms. The highest BCUT2D eigenvalue weighted by Crippen LogP contribution is 2.26. The number of amides is 1. The SMILES string of the molecule is COc1ccc(-n2nc(-c3ccccc3)cc2NC(=O)CN(C(C)C)S(C)(=O)=O)cc1. The summed E-state index contributed by atoms with van der Waals surface area (Å²) >= 11 is 0. The molecule has 1 aromatic heterocycles. The highest BCUT2D eigenvalue weighted by Gasteiger charge is 2.24. The standard InChI is InChI=1S/C22H26N4O4S/c1-16(2)25(31(4,28)29)15-22(27)23-21-14-20(17-8-6-5-7-9-17)24-26(21)18-10-12-19(30-3)13-11-18/h5-14,16H,15H2,1-4H3,(H,23,27). The van der Waals surface area contributed by atoms with Gasteiger partial charge in [0.25, 0.3) is 0 Å². The Bertz CT molecular complexity index is 1140. The number of nitrogens with zero attached hydrogens (tertiary/aromatic N) is 3. The van der Waals surface area contributed by atoms with Gasteiger partial charge in [-0.15, -0.1) is 0 Å². The van der Waals surface area contributed by atoms with Crippen molar-refractivity contribution in [3.05, 3.63) is 60.7 Å². The molecule has 0 saturated carbocycles. The first-order chi connectivity index (χ1) is 14.7. The fourth-order valence-electron chi connectivity index (χ4n) is 3.15. The molecular formula is C22H26N4O4S. The maximum absolute atomic E-state index is 12.7. The average molecular weight is 443 g/mol. The second kappa shape index (κ2) is 9.32. The number of rotatable bonds is 8. The predicted molar refractivity (Wildman–Crippen MR) is 121 cm³/mol. The zero-order valence-electron chi connectivity index (χ0n) is 17.9. The number of ether oxygens (including phenoxy) is 1. The van der Waals surface area contributed by atoms with Crippen LogP contribution in [0.5, 0.6) is 5.75 Å². The molecule has 2 aromatic carbocycles. The first kappa shape index (κ1) is 22.5. The second-order valence-corrected chi connectivity index (χ2v) is 9.28. The Labute approximate surface area is 182 Å². The van der Waals surface area contributed by atoms with E-state index in [0.29, 0.717) is 17.3 Å². The maximum Gasteiger partial charge on any atom is 0.240 e. The molecule has 0 radical (unpaired) electrons. The summed E-state index contributed by atoms with van der Waals surface area (Å²) in [6.45, 7) is 3.16. The van der Waals surface area contributed by atoms with Crippen LogP contribution in [0.15, 0.2) is 60.7 Å². The van der Waals surface area contributed by atoms with Crippen molar-refractivity contribution < 1.29 is 17.9 Å². The lowest BCUT2D eigenvalue weighted by atomic mass is 10.2. The molecule has 1 amide bonds. The first-order valence-corrected chi connectivity index (χ1v) is 11.6. The van der Waals surface area contributed by atoms with Crippen molar-refractivity contribution in [3.8, 4) is 22.7 Å². The summed E-state index contributed by atoms with van der Waals surface area (Å²) in [4.78, 5) is 12.7. The van der Waals surface area contributed by atoms with Crippen molar-refractivity contribution in [3.63, 3.8) is 0 Å². The normalized spacial score (nSPS) is 11.7. The molecule has 0 spiro atoms. The third kappa shape index (κ3) is 5.50. The van der Waals surface area contributed by atoms with Crippen LogP contribution in [0.4, 0.5) is 5.82 Å². The highest BCUT2D eigenvalue weighted by atomic mass is 32.2. The number of carbonyl (C=O) groups excluding carboxylic acids is 1. The van der Waals surface area contributed by atoms with E-state index < -0.39 is 15.9 Å². The minimum absolute atomic E-state index is 0.287. The van der Waals surface area contributed by atoms with Gasteiger partial charge in [-0.1, -0.05) is 30.3 Å². The molecule has 0 fully saturated rings. The fraction of sp³-hybridized carbons (Fsp3) is 0.273. The summed E-state index contributed by atoms with van der Waals surface area (Å²) in [6, 6.07) is 18.3. The van der Waals surface area contributed by atoms with E-state index in [4.69, 9.17) is 4.74 Å². The molecule has 0 aliphatic rings. The van der Waals surface area contributed by atoms with Crippen LogP contribution in [0, 0.1) is 0 Å².